The molecule has 0 heterocycles. The van der Waals surface area contributed by atoms with Gasteiger partial charge in [-0.1, -0.05) is 42.5 Å². The zero-order chi connectivity index (χ0) is 24.6. The Kier molecular flexibility index (Phi) is 7.96. The molecule has 0 spiro atoms. The van der Waals surface area contributed by atoms with Crippen LogP contribution in [0, 0.1) is 0 Å². The van der Waals surface area contributed by atoms with Crippen molar-refractivity contribution in [2.45, 2.75) is 19.4 Å². The molecule has 7 nitrogen and oxygen atoms in total. The molecule has 0 aliphatic heterocycles. The first-order valence-corrected chi connectivity index (χ1v) is 10.2. The summed E-state index contributed by atoms with van der Waals surface area (Å²) in [5, 5.41) is 5.10. The molecule has 1 atom stereocenters. The zero-order valence-corrected chi connectivity index (χ0v) is 18.0. The van der Waals surface area contributed by atoms with E-state index in [1.54, 1.807) is 61.5 Å². The van der Waals surface area contributed by atoms with Crippen molar-refractivity contribution in [1.82, 2.24) is 0 Å². The Morgan fingerprint density at radius 1 is 0.882 bits per heavy atom. The van der Waals surface area contributed by atoms with Crippen LogP contribution in [0.4, 0.5) is 29.3 Å². The smallest absolute Gasteiger partial charge is 0.472 e. The van der Waals surface area contributed by atoms with Crippen LogP contribution in [-0.2, 0) is 9.53 Å². The van der Waals surface area contributed by atoms with Gasteiger partial charge in [0.1, 0.15) is 11.5 Å². The van der Waals surface area contributed by atoms with Gasteiger partial charge in [-0.15, -0.1) is 13.2 Å². The fourth-order valence-electron chi connectivity index (χ4n) is 2.92. The highest BCUT2D eigenvalue weighted by Gasteiger charge is 2.31. The van der Waals surface area contributed by atoms with Gasteiger partial charge in [0.15, 0.2) is 0 Å². The number of benzene rings is 3. The monoisotopic (exact) mass is 474 g/mol. The second-order valence-electron chi connectivity index (χ2n) is 6.81. The van der Waals surface area contributed by atoms with E-state index in [2.05, 4.69) is 15.4 Å². The normalized spacial score (nSPS) is 11.8. The highest BCUT2D eigenvalue weighted by molar-refractivity contribution is 6.00. The van der Waals surface area contributed by atoms with E-state index in [1.165, 1.54) is 12.1 Å². The number of halogens is 3. The van der Waals surface area contributed by atoms with E-state index >= 15 is 0 Å². The van der Waals surface area contributed by atoms with Crippen LogP contribution < -0.4 is 20.1 Å². The number of urea groups is 1. The highest BCUT2D eigenvalue weighted by atomic mass is 19.4. The van der Waals surface area contributed by atoms with Gasteiger partial charge in [-0.25, -0.2) is 9.59 Å². The third-order valence-corrected chi connectivity index (χ3v) is 4.33. The van der Waals surface area contributed by atoms with E-state index < -0.39 is 30.2 Å². The van der Waals surface area contributed by atoms with Gasteiger partial charge >= 0.3 is 18.4 Å². The molecular weight excluding hydrogens is 453 g/mol. The molecule has 178 valence electrons. The van der Waals surface area contributed by atoms with Crippen LogP contribution in [0.5, 0.6) is 11.5 Å². The van der Waals surface area contributed by atoms with Crippen molar-refractivity contribution in [3.8, 4) is 11.5 Å². The van der Waals surface area contributed by atoms with Gasteiger partial charge in [-0.2, -0.15) is 0 Å². The second-order valence-corrected chi connectivity index (χ2v) is 6.81. The van der Waals surface area contributed by atoms with Gasteiger partial charge in [0.2, 0.25) is 6.10 Å². The summed E-state index contributed by atoms with van der Waals surface area (Å²) >= 11 is 0. The van der Waals surface area contributed by atoms with E-state index in [0.717, 1.165) is 12.1 Å². The number of carbonyl (C=O) groups is 2. The Morgan fingerprint density at radius 3 is 2.18 bits per heavy atom. The number of esters is 1. The average Bonchev–Trinajstić information content (AvgIpc) is 2.79. The largest absolute Gasteiger partial charge is 0.573 e. The molecule has 0 fully saturated rings. The number of para-hydroxylation sites is 2. The van der Waals surface area contributed by atoms with Crippen molar-refractivity contribution in [2.24, 2.45) is 0 Å². The molecule has 3 aromatic carbocycles. The van der Waals surface area contributed by atoms with Gasteiger partial charge in [-0.05, 0) is 43.3 Å². The number of anilines is 2. The predicted octanol–water partition coefficient (Wildman–Crippen LogP) is 5.91. The topological polar surface area (TPSA) is 85.9 Å². The van der Waals surface area contributed by atoms with E-state index in [4.69, 9.17) is 9.47 Å². The summed E-state index contributed by atoms with van der Waals surface area (Å²) in [6, 6.07) is 19.2. The molecule has 3 aromatic rings. The van der Waals surface area contributed by atoms with Crippen LogP contribution >= 0.6 is 0 Å². The van der Waals surface area contributed by atoms with E-state index in [-0.39, 0.29) is 23.7 Å². The van der Waals surface area contributed by atoms with Crippen LogP contribution in [0.1, 0.15) is 18.6 Å². The van der Waals surface area contributed by atoms with Crippen LogP contribution in [-0.4, -0.2) is 25.0 Å². The Morgan fingerprint density at radius 2 is 1.53 bits per heavy atom. The number of hydrogen-bond donors (Lipinski definition) is 2. The van der Waals surface area contributed by atoms with Gasteiger partial charge in [0.05, 0.1) is 12.3 Å². The first-order valence-electron chi connectivity index (χ1n) is 10.2. The number of rotatable bonds is 8. The SMILES string of the molecule is CCOC(=O)C(Oc1ccccc1NC(=O)Nc1ccc(OC(F)(F)F)cc1)c1ccccc1. The molecule has 34 heavy (non-hydrogen) atoms. The van der Waals surface area contributed by atoms with Gasteiger partial charge in [-0.3, -0.25) is 0 Å². The summed E-state index contributed by atoms with van der Waals surface area (Å²) in [5.74, 6) is -0.786. The molecule has 0 radical (unpaired) electrons. The summed E-state index contributed by atoms with van der Waals surface area (Å²) in [6.45, 7) is 1.85. The molecule has 10 heteroatoms. The number of alkyl halides is 3. The second kappa shape index (κ2) is 11.1. The van der Waals surface area contributed by atoms with Crippen molar-refractivity contribution in [3.63, 3.8) is 0 Å². The number of amides is 2. The molecular formula is C24H21F3N2O5. The van der Waals surface area contributed by atoms with Crippen molar-refractivity contribution in [1.29, 1.82) is 0 Å². The molecule has 0 saturated heterocycles. The first kappa shape index (κ1) is 24.4. The lowest BCUT2D eigenvalue weighted by Crippen LogP contribution is -2.23. The summed E-state index contributed by atoms with van der Waals surface area (Å²) in [4.78, 5) is 25.0. The Balaban J connectivity index is 1.72. The third-order valence-electron chi connectivity index (χ3n) is 4.33. The summed E-state index contributed by atoms with van der Waals surface area (Å²) in [7, 11) is 0. The van der Waals surface area contributed by atoms with Crippen molar-refractivity contribution in [3.05, 3.63) is 84.4 Å². The molecule has 0 aromatic heterocycles. The van der Waals surface area contributed by atoms with Crippen LogP contribution in [0.15, 0.2) is 78.9 Å². The lowest BCUT2D eigenvalue weighted by atomic mass is 10.1. The Bertz CT molecular complexity index is 1110. The fourth-order valence-corrected chi connectivity index (χ4v) is 2.92. The maximum Gasteiger partial charge on any atom is 0.573 e. The lowest BCUT2D eigenvalue weighted by Gasteiger charge is -2.20. The Labute approximate surface area is 193 Å². The molecule has 2 amide bonds. The van der Waals surface area contributed by atoms with Crippen LogP contribution in [0.3, 0.4) is 0 Å². The number of ether oxygens (including phenoxy) is 3. The van der Waals surface area contributed by atoms with Crippen molar-refractivity contribution >= 4 is 23.4 Å². The third kappa shape index (κ3) is 7.16. The molecule has 0 aliphatic rings. The summed E-state index contributed by atoms with van der Waals surface area (Å²) in [5.41, 5.74) is 1.07. The Hall–Kier alpha value is -4.21. The predicted molar refractivity (Wildman–Crippen MR) is 119 cm³/mol. The van der Waals surface area contributed by atoms with E-state index in [0.29, 0.717) is 5.56 Å². The minimum atomic E-state index is -4.81. The van der Waals surface area contributed by atoms with E-state index in [9.17, 15) is 22.8 Å². The fraction of sp³-hybridized carbons (Fsp3) is 0.167. The van der Waals surface area contributed by atoms with Gasteiger partial charge < -0.3 is 24.8 Å². The molecule has 3 rings (SSSR count). The number of nitrogens with one attached hydrogen (secondary N) is 2. The average molecular weight is 474 g/mol. The lowest BCUT2D eigenvalue weighted by molar-refractivity contribution is -0.274. The van der Waals surface area contributed by atoms with Crippen LogP contribution in [0.25, 0.3) is 0 Å². The zero-order valence-electron chi connectivity index (χ0n) is 18.0. The molecule has 1 unspecified atom stereocenters. The number of hydrogen-bond acceptors (Lipinski definition) is 5. The minimum Gasteiger partial charge on any atom is -0.472 e. The highest BCUT2D eigenvalue weighted by Crippen LogP contribution is 2.30. The maximum absolute atomic E-state index is 12.5. The molecule has 2 N–H and O–H groups in total. The quantitative estimate of drug-likeness (QED) is 0.396. The van der Waals surface area contributed by atoms with Crippen molar-refractivity contribution < 1.29 is 37.0 Å². The van der Waals surface area contributed by atoms with Gasteiger partial charge in [0, 0.05) is 11.3 Å². The summed E-state index contributed by atoms with van der Waals surface area (Å²) < 4.78 is 51.7. The molecule has 0 saturated carbocycles. The van der Waals surface area contributed by atoms with Crippen LogP contribution in [0.2, 0.25) is 0 Å². The van der Waals surface area contributed by atoms with E-state index in [1.807, 2.05) is 0 Å². The maximum atomic E-state index is 12.5. The molecule has 0 aliphatic carbocycles. The number of carbonyl (C=O) groups excluding carboxylic acids is 2. The molecule has 0 bridgehead atoms. The first-order chi connectivity index (χ1) is 16.2. The summed E-state index contributed by atoms with van der Waals surface area (Å²) in [6.07, 6.45) is -5.87. The minimum absolute atomic E-state index is 0.167. The van der Waals surface area contributed by atoms with Gasteiger partial charge in [0.25, 0.3) is 0 Å². The standard InChI is InChI=1S/C24H21F3N2O5/c1-2-32-22(30)21(16-8-4-3-5-9-16)33-20-11-7-6-10-19(20)29-23(31)28-17-12-14-18(15-13-17)34-24(25,26)27/h3-15,21H,2H2,1H3,(H2,28,29,31). The van der Waals surface area contributed by atoms with Crippen molar-refractivity contribution in [2.75, 3.05) is 17.2 Å².